The van der Waals surface area contributed by atoms with Gasteiger partial charge in [0, 0.05) is 0 Å². The van der Waals surface area contributed by atoms with Gasteiger partial charge in [-0.25, -0.2) is 9.97 Å². The summed E-state index contributed by atoms with van der Waals surface area (Å²) >= 11 is 6.01. The summed E-state index contributed by atoms with van der Waals surface area (Å²) in [7, 11) is 1.56. The molecule has 1 aromatic heterocycles. The van der Waals surface area contributed by atoms with Crippen LogP contribution in [0.25, 0.3) is 11.0 Å². The van der Waals surface area contributed by atoms with Gasteiger partial charge in [-0.3, -0.25) is 0 Å². The number of ether oxygens (including phenoxy) is 1. The minimum absolute atomic E-state index is 0.499. The van der Waals surface area contributed by atoms with Crippen molar-refractivity contribution in [1.29, 1.82) is 0 Å². The lowest BCUT2D eigenvalue weighted by atomic mass is 10.2. The molecular weight excluding hydrogens is 200 g/mol. The predicted molar refractivity (Wildman–Crippen MR) is 55.8 cm³/mol. The van der Waals surface area contributed by atoms with Crippen LogP contribution >= 0.6 is 11.6 Å². The van der Waals surface area contributed by atoms with Gasteiger partial charge in [-0.05, 0) is 24.6 Å². The molecule has 1 heterocycles. The Morgan fingerprint density at radius 1 is 1.36 bits per heavy atom. The van der Waals surface area contributed by atoms with Gasteiger partial charge in [0.15, 0.2) is 0 Å². The lowest BCUT2D eigenvalue weighted by Gasteiger charge is -2.03. The average Bonchev–Trinajstić information content (AvgIpc) is 2.16. The Labute approximate surface area is 86.7 Å². The number of nitrogens with zero attached hydrogens (tertiary/aromatic N) is 2. The van der Waals surface area contributed by atoms with E-state index in [-0.39, 0.29) is 0 Å². The van der Waals surface area contributed by atoms with E-state index in [4.69, 9.17) is 16.3 Å². The van der Waals surface area contributed by atoms with Crippen molar-refractivity contribution < 1.29 is 4.74 Å². The Morgan fingerprint density at radius 2 is 2.14 bits per heavy atom. The molecular formula is C10H9ClN2O. The van der Waals surface area contributed by atoms with E-state index in [9.17, 15) is 0 Å². The summed E-state index contributed by atoms with van der Waals surface area (Å²) in [5.74, 6) is 0.499. The van der Waals surface area contributed by atoms with E-state index >= 15 is 0 Å². The summed E-state index contributed by atoms with van der Waals surface area (Å²) in [6.07, 6.45) is 1.56. The number of aromatic nitrogens is 2. The van der Waals surface area contributed by atoms with E-state index in [1.807, 2.05) is 19.1 Å². The number of fused-ring (bicyclic) bond motifs is 1. The Balaban J connectivity index is 2.75. The highest BCUT2D eigenvalue weighted by atomic mass is 35.5. The summed E-state index contributed by atoms with van der Waals surface area (Å²) in [5, 5.41) is 0.621. The van der Waals surface area contributed by atoms with Crippen LogP contribution in [0.1, 0.15) is 5.56 Å². The summed E-state index contributed by atoms with van der Waals surface area (Å²) in [6.45, 7) is 1.96. The second-order valence-corrected chi connectivity index (χ2v) is 3.43. The van der Waals surface area contributed by atoms with E-state index < -0.39 is 0 Å². The largest absolute Gasteiger partial charge is 0.480 e. The second kappa shape index (κ2) is 3.42. The zero-order valence-electron chi connectivity index (χ0n) is 7.91. The third-order valence-electron chi connectivity index (χ3n) is 1.93. The molecule has 0 fully saturated rings. The van der Waals surface area contributed by atoms with Crippen LogP contribution < -0.4 is 4.74 Å². The van der Waals surface area contributed by atoms with Crippen LogP contribution in [-0.2, 0) is 0 Å². The Kier molecular flexibility index (Phi) is 2.25. The van der Waals surface area contributed by atoms with Crippen LogP contribution in [0, 0.1) is 6.92 Å². The SMILES string of the molecule is COc1cnc2c(Cl)cc(C)cc2n1. The highest BCUT2D eigenvalue weighted by Gasteiger charge is 2.04. The van der Waals surface area contributed by atoms with Crippen molar-refractivity contribution in [3.8, 4) is 5.88 Å². The van der Waals surface area contributed by atoms with Gasteiger partial charge in [-0.2, -0.15) is 0 Å². The second-order valence-electron chi connectivity index (χ2n) is 3.03. The zero-order chi connectivity index (χ0) is 10.1. The van der Waals surface area contributed by atoms with Crippen molar-refractivity contribution in [1.82, 2.24) is 9.97 Å². The lowest BCUT2D eigenvalue weighted by Crippen LogP contribution is -1.91. The molecule has 0 saturated heterocycles. The smallest absolute Gasteiger partial charge is 0.232 e. The molecule has 0 bridgehead atoms. The molecule has 2 aromatic rings. The van der Waals surface area contributed by atoms with E-state index in [0.717, 1.165) is 11.1 Å². The molecule has 0 atom stereocenters. The van der Waals surface area contributed by atoms with Gasteiger partial charge in [0.25, 0.3) is 0 Å². The third kappa shape index (κ3) is 1.51. The first-order valence-corrected chi connectivity index (χ1v) is 4.55. The molecule has 0 saturated carbocycles. The fourth-order valence-corrected chi connectivity index (χ4v) is 1.61. The van der Waals surface area contributed by atoms with Crippen molar-refractivity contribution in [2.75, 3.05) is 7.11 Å². The van der Waals surface area contributed by atoms with Crippen molar-refractivity contribution in [3.63, 3.8) is 0 Å². The van der Waals surface area contributed by atoms with Crippen molar-refractivity contribution in [3.05, 3.63) is 28.9 Å². The fraction of sp³-hybridized carbons (Fsp3) is 0.200. The number of aryl methyl sites for hydroxylation is 1. The fourth-order valence-electron chi connectivity index (χ4n) is 1.30. The minimum atomic E-state index is 0.499. The number of rotatable bonds is 1. The van der Waals surface area contributed by atoms with Gasteiger partial charge in [0.2, 0.25) is 5.88 Å². The molecule has 14 heavy (non-hydrogen) atoms. The van der Waals surface area contributed by atoms with Crippen molar-refractivity contribution >= 4 is 22.6 Å². The first kappa shape index (κ1) is 9.21. The van der Waals surface area contributed by atoms with Gasteiger partial charge >= 0.3 is 0 Å². The van der Waals surface area contributed by atoms with E-state index in [1.165, 1.54) is 0 Å². The first-order valence-electron chi connectivity index (χ1n) is 4.17. The molecule has 2 rings (SSSR count). The van der Waals surface area contributed by atoms with Gasteiger partial charge in [-0.15, -0.1) is 0 Å². The average molecular weight is 209 g/mol. The van der Waals surface area contributed by atoms with Gasteiger partial charge in [0.05, 0.1) is 23.8 Å². The predicted octanol–water partition coefficient (Wildman–Crippen LogP) is 2.60. The Hall–Kier alpha value is -1.35. The quantitative estimate of drug-likeness (QED) is 0.723. The van der Waals surface area contributed by atoms with Crippen LogP contribution in [0.2, 0.25) is 5.02 Å². The molecule has 0 aliphatic carbocycles. The van der Waals surface area contributed by atoms with Gasteiger partial charge in [-0.1, -0.05) is 11.6 Å². The maximum absolute atomic E-state index is 6.01. The Morgan fingerprint density at radius 3 is 2.86 bits per heavy atom. The summed E-state index contributed by atoms with van der Waals surface area (Å²) < 4.78 is 4.99. The molecule has 72 valence electrons. The zero-order valence-corrected chi connectivity index (χ0v) is 8.67. The van der Waals surface area contributed by atoms with Crippen LogP contribution in [0.3, 0.4) is 0 Å². The summed E-state index contributed by atoms with van der Waals surface area (Å²) in [6, 6.07) is 3.79. The van der Waals surface area contributed by atoms with Crippen LogP contribution in [0.5, 0.6) is 5.88 Å². The maximum atomic E-state index is 6.01. The topological polar surface area (TPSA) is 35.0 Å². The van der Waals surface area contributed by atoms with Crippen LogP contribution in [0.15, 0.2) is 18.3 Å². The first-order chi connectivity index (χ1) is 6.70. The lowest BCUT2D eigenvalue weighted by molar-refractivity contribution is 0.397. The van der Waals surface area contributed by atoms with Crippen molar-refractivity contribution in [2.45, 2.75) is 6.92 Å². The molecule has 0 radical (unpaired) electrons. The van der Waals surface area contributed by atoms with Crippen molar-refractivity contribution in [2.24, 2.45) is 0 Å². The molecule has 0 N–H and O–H groups in total. The molecule has 0 amide bonds. The monoisotopic (exact) mass is 208 g/mol. The van der Waals surface area contributed by atoms with E-state index in [0.29, 0.717) is 16.4 Å². The number of halogens is 1. The highest BCUT2D eigenvalue weighted by molar-refractivity contribution is 6.34. The van der Waals surface area contributed by atoms with E-state index in [1.54, 1.807) is 13.3 Å². The van der Waals surface area contributed by atoms with Gasteiger partial charge in [0.1, 0.15) is 5.52 Å². The Bertz CT molecular complexity index is 485. The molecule has 0 aliphatic heterocycles. The number of hydrogen-bond donors (Lipinski definition) is 0. The van der Waals surface area contributed by atoms with Gasteiger partial charge < -0.3 is 4.74 Å². The van der Waals surface area contributed by atoms with E-state index in [2.05, 4.69) is 9.97 Å². The highest BCUT2D eigenvalue weighted by Crippen LogP contribution is 2.23. The third-order valence-corrected chi connectivity index (χ3v) is 2.22. The molecule has 4 heteroatoms. The maximum Gasteiger partial charge on any atom is 0.232 e. The number of benzene rings is 1. The summed E-state index contributed by atoms with van der Waals surface area (Å²) in [5.41, 5.74) is 2.53. The molecule has 0 spiro atoms. The summed E-state index contributed by atoms with van der Waals surface area (Å²) in [4.78, 5) is 8.42. The molecule has 1 aromatic carbocycles. The standard InChI is InChI=1S/C10H9ClN2O/c1-6-3-7(11)10-8(4-6)13-9(14-2)5-12-10/h3-5H,1-2H3. The molecule has 0 aliphatic rings. The minimum Gasteiger partial charge on any atom is -0.480 e. The number of hydrogen-bond acceptors (Lipinski definition) is 3. The van der Waals surface area contributed by atoms with Crippen LogP contribution in [-0.4, -0.2) is 17.1 Å². The molecule has 3 nitrogen and oxygen atoms in total. The van der Waals surface area contributed by atoms with Crippen LogP contribution in [0.4, 0.5) is 0 Å². The normalized spacial score (nSPS) is 10.5. The number of methoxy groups -OCH3 is 1. The molecule has 0 unspecified atom stereocenters.